The molecule has 0 saturated heterocycles. The summed E-state index contributed by atoms with van der Waals surface area (Å²) in [7, 11) is 1.72. The van der Waals surface area contributed by atoms with Gasteiger partial charge in [0.05, 0.1) is 11.8 Å². The molecule has 0 aliphatic carbocycles. The fourth-order valence-corrected chi connectivity index (χ4v) is 3.98. The Morgan fingerprint density at radius 3 is 2.54 bits per heavy atom. The number of nitrogens with one attached hydrogen (secondary N) is 1. The van der Waals surface area contributed by atoms with E-state index in [1.165, 1.54) is 17.0 Å². The summed E-state index contributed by atoms with van der Waals surface area (Å²) in [6.45, 7) is 9.24. The van der Waals surface area contributed by atoms with E-state index in [4.69, 9.17) is 9.47 Å². The molecule has 1 aliphatic heterocycles. The van der Waals surface area contributed by atoms with Crippen LogP contribution in [0.15, 0.2) is 58.6 Å². The lowest BCUT2D eigenvalue weighted by Gasteiger charge is -2.35. The lowest BCUT2D eigenvalue weighted by atomic mass is 10.1. The van der Waals surface area contributed by atoms with Crippen molar-refractivity contribution in [2.45, 2.75) is 64.6 Å². The van der Waals surface area contributed by atoms with Crippen LogP contribution in [0, 0.1) is 0 Å². The number of hydrazone groups is 1. The highest BCUT2D eigenvalue weighted by atomic mass is 19.4. The topological polar surface area (TPSA) is 112 Å². The zero-order chi connectivity index (χ0) is 30.4. The summed E-state index contributed by atoms with van der Waals surface area (Å²) < 4.78 is 48.7. The van der Waals surface area contributed by atoms with Gasteiger partial charge in [-0.1, -0.05) is 13.0 Å². The van der Waals surface area contributed by atoms with Crippen molar-refractivity contribution in [2.75, 3.05) is 23.9 Å². The van der Waals surface area contributed by atoms with Crippen LogP contribution in [0.4, 0.5) is 40.8 Å². The highest BCUT2D eigenvalue weighted by Gasteiger charge is 2.36. The van der Waals surface area contributed by atoms with Gasteiger partial charge in [-0.25, -0.2) is 4.79 Å². The minimum atomic E-state index is -4.57. The van der Waals surface area contributed by atoms with E-state index in [0.717, 1.165) is 12.1 Å². The maximum atomic E-state index is 12.8. The molecule has 0 saturated carbocycles. The first-order valence-electron chi connectivity index (χ1n) is 12.9. The molecule has 2 aromatic rings. The number of amides is 1. The van der Waals surface area contributed by atoms with Crippen LogP contribution in [0.25, 0.3) is 0 Å². The summed E-state index contributed by atoms with van der Waals surface area (Å²) in [5, 5.41) is 20.5. The lowest BCUT2D eigenvalue weighted by molar-refractivity contribution is -0.154. The van der Waals surface area contributed by atoms with Gasteiger partial charge in [0, 0.05) is 30.9 Å². The number of aromatic nitrogens is 1. The van der Waals surface area contributed by atoms with Crippen LogP contribution in [0.2, 0.25) is 0 Å². The summed E-state index contributed by atoms with van der Waals surface area (Å²) in [4.78, 5) is 21.9. The van der Waals surface area contributed by atoms with Crippen LogP contribution in [-0.2, 0) is 4.74 Å². The van der Waals surface area contributed by atoms with E-state index in [1.54, 1.807) is 57.1 Å². The van der Waals surface area contributed by atoms with E-state index in [1.807, 2.05) is 19.1 Å². The summed E-state index contributed by atoms with van der Waals surface area (Å²) >= 11 is 0. The molecule has 0 fully saturated rings. The van der Waals surface area contributed by atoms with Gasteiger partial charge < -0.3 is 14.6 Å². The summed E-state index contributed by atoms with van der Waals surface area (Å²) in [5.41, 5.74) is 1.09. The number of nitrogens with zero attached hydrogens (tertiary/aromatic N) is 5. The predicted molar refractivity (Wildman–Crippen MR) is 152 cm³/mol. The number of ether oxygens (including phenoxy) is 2. The number of likely N-dealkylation sites (N-methyl/N-ethyl adjacent to an activating group) is 1. The van der Waals surface area contributed by atoms with E-state index in [9.17, 15) is 23.1 Å². The third-order valence-corrected chi connectivity index (χ3v) is 5.74. The van der Waals surface area contributed by atoms with Crippen molar-refractivity contribution in [3.63, 3.8) is 0 Å². The van der Waals surface area contributed by atoms with Gasteiger partial charge in [-0.2, -0.15) is 23.3 Å². The molecule has 1 aromatic heterocycles. The fraction of sp³-hybridized carbons (Fsp3) is 0.429. The van der Waals surface area contributed by atoms with Crippen molar-refractivity contribution >= 4 is 41.4 Å². The standard InChI is InChI=1S/C28H35F3N6O4/c1-7-8-9-19-16-22(36(6)35-19)25(38)37(20-12-10-18(11-13-20)33-26(39)41-27(2,3)4)24-21(32-5)14-15-23(34-24)40-17-28(29,30)31/h8-15,22,25,38H,5,7,16-17H2,1-4,6H3,(H,33,39)/b9-8-/t22?,25-/m1/s1. The highest BCUT2D eigenvalue weighted by molar-refractivity contribution is 5.96. The van der Waals surface area contributed by atoms with Crippen molar-refractivity contribution in [2.24, 2.45) is 10.1 Å². The van der Waals surface area contributed by atoms with Crippen LogP contribution >= 0.6 is 0 Å². The number of aliphatic hydroxyl groups excluding tert-OH is 1. The van der Waals surface area contributed by atoms with E-state index >= 15 is 0 Å². The van der Waals surface area contributed by atoms with Crippen LogP contribution in [-0.4, -0.2) is 71.3 Å². The maximum absolute atomic E-state index is 12.8. The molecule has 3 rings (SSSR count). The third-order valence-electron chi connectivity index (χ3n) is 5.74. The molecule has 1 unspecified atom stereocenters. The first kappa shape index (κ1) is 31.4. The van der Waals surface area contributed by atoms with Gasteiger partial charge in [0.25, 0.3) is 0 Å². The van der Waals surface area contributed by atoms with Crippen molar-refractivity contribution in [3.05, 3.63) is 48.6 Å². The summed E-state index contributed by atoms with van der Waals surface area (Å²) in [5.74, 6) is -0.293. The van der Waals surface area contributed by atoms with Crippen LogP contribution in [0.1, 0.15) is 40.5 Å². The average molecular weight is 577 g/mol. The van der Waals surface area contributed by atoms with Gasteiger partial charge in [0.1, 0.15) is 11.3 Å². The van der Waals surface area contributed by atoms with Crippen LogP contribution in [0.3, 0.4) is 0 Å². The molecule has 13 heteroatoms. The maximum Gasteiger partial charge on any atom is 0.422 e. The molecule has 222 valence electrons. The SMILES string of the molecule is C=Nc1ccc(OCC(F)(F)F)nc1N(c1ccc(NC(=O)OC(C)(C)C)cc1)[C@H](O)C1CC(/C=C\CC)=NN1C. The Kier molecular flexibility index (Phi) is 9.97. The Hall–Kier alpha value is -4.13. The first-order chi connectivity index (χ1) is 19.2. The second-order valence-electron chi connectivity index (χ2n) is 10.3. The van der Waals surface area contributed by atoms with Crippen molar-refractivity contribution < 1.29 is 32.5 Å². The molecular weight excluding hydrogens is 541 g/mol. The molecular formula is C28H35F3N6O4. The van der Waals surface area contributed by atoms with Gasteiger partial charge in [-0.05, 0) is 70.3 Å². The number of pyridine rings is 1. The first-order valence-corrected chi connectivity index (χ1v) is 12.9. The van der Waals surface area contributed by atoms with E-state index in [0.29, 0.717) is 17.8 Å². The van der Waals surface area contributed by atoms with Gasteiger partial charge in [0.15, 0.2) is 18.7 Å². The molecule has 2 N–H and O–H groups in total. The number of rotatable bonds is 10. The smallest absolute Gasteiger partial charge is 0.422 e. The van der Waals surface area contributed by atoms with Crippen LogP contribution in [0.5, 0.6) is 5.88 Å². The number of benzene rings is 1. The number of aliphatic hydroxyl groups is 1. The minimum Gasteiger partial charge on any atom is -0.468 e. The van der Waals surface area contributed by atoms with Crippen molar-refractivity contribution in [1.29, 1.82) is 0 Å². The quantitative estimate of drug-likeness (QED) is 0.256. The lowest BCUT2D eigenvalue weighted by Crippen LogP contribution is -2.46. The molecule has 0 spiro atoms. The predicted octanol–water partition coefficient (Wildman–Crippen LogP) is 6.18. The molecule has 1 amide bonds. The number of allylic oxidation sites excluding steroid dienone is 2. The second kappa shape index (κ2) is 13.0. The number of halogens is 3. The summed E-state index contributed by atoms with van der Waals surface area (Å²) in [6, 6.07) is 8.51. The normalized spacial score (nSPS) is 16.4. The number of hydrogen-bond donors (Lipinski definition) is 2. The molecule has 2 heterocycles. The highest BCUT2D eigenvalue weighted by Crippen LogP contribution is 2.38. The van der Waals surface area contributed by atoms with E-state index < -0.39 is 36.7 Å². The number of hydrogen-bond acceptors (Lipinski definition) is 9. The number of alkyl halides is 3. The summed E-state index contributed by atoms with van der Waals surface area (Å²) in [6.07, 6.45) is -1.46. The fourth-order valence-electron chi connectivity index (χ4n) is 3.98. The van der Waals surface area contributed by atoms with Gasteiger partial charge in [-0.15, -0.1) is 0 Å². The Balaban J connectivity index is 2.01. The average Bonchev–Trinajstić information content (AvgIpc) is 3.26. The Bertz CT molecular complexity index is 1280. The van der Waals surface area contributed by atoms with Gasteiger partial charge in [0.2, 0.25) is 5.88 Å². The largest absolute Gasteiger partial charge is 0.468 e. The zero-order valence-electron chi connectivity index (χ0n) is 23.6. The zero-order valence-corrected chi connectivity index (χ0v) is 23.6. The number of carbonyl (C=O) groups is 1. The van der Waals surface area contributed by atoms with Crippen molar-refractivity contribution in [1.82, 2.24) is 9.99 Å². The molecule has 2 atom stereocenters. The molecule has 0 radical (unpaired) electrons. The number of anilines is 3. The third kappa shape index (κ3) is 8.93. The van der Waals surface area contributed by atoms with Crippen LogP contribution < -0.4 is 15.0 Å². The van der Waals surface area contributed by atoms with E-state index in [-0.39, 0.29) is 17.4 Å². The monoisotopic (exact) mass is 576 g/mol. The molecule has 0 bridgehead atoms. The Morgan fingerprint density at radius 1 is 1.27 bits per heavy atom. The molecule has 1 aliphatic rings. The second-order valence-corrected chi connectivity index (χ2v) is 10.3. The van der Waals surface area contributed by atoms with Crippen molar-refractivity contribution in [3.8, 4) is 5.88 Å². The van der Waals surface area contributed by atoms with Gasteiger partial charge >= 0.3 is 12.3 Å². The molecule has 10 nitrogen and oxygen atoms in total. The minimum absolute atomic E-state index is 0.0194. The Labute approximate surface area is 237 Å². The number of carbonyl (C=O) groups excluding carboxylic acids is 1. The van der Waals surface area contributed by atoms with Gasteiger partial charge in [-0.3, -0.25) is 20.2 Å². The Morgan fingerprint density at radius 2 is 1.95 bits per heavy atom. The molecule has 1 aromatic carbocycles. The number of aliphatic imine (C=N–C) groups is 1. The van der Waals surface area contributed by atoms with E-state index in [2.05, 4.69) is 27.1 Å². The molecule has 41 heavy (non-hydrogen) atoms.